The van der Waals surface area contributed by atoms with E-state index < -0.39 is 12.0 Å². The summed E-state index contributed by atoms with van der Waals surface area (Å²) in [7, 11) is 1.49. The number of hydrogen-bond acceptors (Lipinski definition) is 7. The Kier molecular flexibility index (Phi) is 9.46. The fraction of sp³-hybridized carbons (Fsp3) is 0.295. The van der Waals surface area contributed by atoms with Crippen molar-refractivity contribution in [1.82, 2.24) is 10.3 Å². The minimum Gasteiger partial charge on any atom is -0.508 e. The smallest absolute Gasteiger partial charge is 0.335 e. The first-order valence-corrected chi connectivity index (χ1v) is 18.3. The fourth-order valence-electron chi connectivity index (χ4n) is 7.64. The number of aryl methyl sites for hydroxylation is 1. The van der Waals surface area contributed by atoms with Gasteiger partial charge in [-0.2, -0.15) is 0 Å². The summed E-state index contributed by atoms with van der Waals surface area (Å²) in [5, 5.41) is 25.4. The molecule has 0 radical (unpaired) electrons. The number of rotatable bonds is 8. The van der Waals surface area contributed by atoms with E-state index in [9.17, 15) is 15.0 Å². The number of piperazine rings is 1. The second-order valence-corrected chi connectivity index (χ2v) is 13.8. The second-order valence-electron chi connectivity index (χ2n) is 13.8. The molecule has 4 N–H and O–H groups in total. The molecule has 5 aromatic rings. The summed E-state index contributed by atoms with van der Waals surface area (Å²) in [6, 6.07) is 27.4. The lowest BCUT2D eigenvalue weighted by molar-refractivity contribution is 0.195. The number of aromatic nitrogens is 1. The van der Waals surface area contributed by atoms with Crippen LogP contribution in [-0.4, -0.2) is 60.2 Å². The van der Waals surface area contributed by atoms with Gasteiger partial charge in [-0.15, -0.1) is 0 Å². The van der Waals surface area contributed by atoms with Gasteiger partial charge in [0.2, 0.25) is 5.75 Å². The Morgan fingerprint density at radius 2 is 1.81 bits per heavy atom. The lowest BCUT2D eigenvalue weighted by atomic mass is 9.85. The van der Waals surface area contributed by atoms with Crippen LogP contribution in [0.25, 0.3) is 11.1 Å². The number of ether oxygens (including phenoxy) is 3. The average Bonchev–Trinajstić information content (AvgIpc) is 3.62. The van der Waals surface area contributed by atoms with Gasteiger partial charge in [0.1, 0.15) is 24.0 Å². The molecule has 1 unspecified atom stereocenters. The highest BCUT2D eigenvalue weighted by atomic mass is 16.5. The van der Waals surface area contributed by atoms with Crippen LogP contribution in [0.3, 0.4) is 0 Å². The van der Waals surface area contributed by atoms with Gasteiger partial charge in [-0.05, 0) is 72.4 Å². The van der Waals surface area contributed by atoms with Crippen LogP contribution in [0.15, 0.2) is 84.9 Å². The van der Waals surface area contributed by atoms with Crippen molar-refractivity contribution in [1.29, 1.82) is 0 Å². The van der Waals surface area contributed by atoms with E-state index in [4.69, 9.17) is 19.2 Å². The van der Waals surface area contributed by atoms with Crippen molar-refractivity contribution in [2.75, 3.05) is 38.3 Å². The van der Waals surface area contributed by atoms with Crippen LogP contribution in [0.5, 0.6) is 28.7 Å². The first-order valence-electron chi connectivity index (χ1n) is 18.3. The third-order valence-corrected chi connectivity index (χ3v) is 10.3. The molecule has 1 saturated heterocycles. The topological polar surface area (TPSA) is 119 Å². The van der Waals surface area contributed by atoms with E-state index in [1.165, 1.54) is 7.11 Å². The van der Waals surface area contributed by atoms with Gasteiger partial charge in [0.25, 0.3) is 0 Å². The van der Waals surface area contributed by atoms with Crippen molar-refractivity contribution in [2.24, 2.45) is 0 Å². The molecule has 1 aromatic heterocycles. The molecule has 3 atom stereocenters. The monoisotopic (exact) mass is 709 g/mol. The van der Waals surface area contributed by atoms with Gasteiger partial charge in [-0.25, -0.2) is 0 Å². The quantitative estimate of drug-likeness (QED) is 0.124. The van der Waals surface area contributed by atoms with Crippen molar-refractivity contribution in [3.8, 4) is 51.7 Å². The first-order chi connectivity index (χ1) is 25.9. The maximum atomic E-state index is 11.8. The zero-order valence-corrected chi connectivity index (χ0v) is 29.9. The predicted molar refractivity (Wildman–Crippen MR) is 205 cm³/mol. The molecule has 270 valence electrons. The Labute approximate surface area is 309 Å². The summed E-state index contributed by atoms with van der Waals surface area (Å²) in [5.74, 6) is 8.28. The largest absolute Gasteiger partial charge is 0.508 e. The molecule has 1 fully saturated rings. The van der Waals surface area contributed by atoms with Gasteiger partial charge in [-0.3, -0.25) is 4.79 Å². The second kappa shape index (κ2) is 14.6. The van der Waals surface area contributed by atoms with E-state index in [-0.39, 0.29) is 41.1 Å². The number of benzene rings is 4. The number of phenolic OH excluding ortho intramolecular Hbond substituents is 2. The van der Waals surface area contributed by atoms with Crippen LogP contribution in [0.1, 0.15) is 58.9 Å². The van der Waals surface area contributed by atoms with Gasteiger partial charge in [0, 0.05) is 6.42 Å². The highest BCUT2D eigenvalue weighted by molar-refractivity contribution is 6.05. The van der Waals surface area contributed by atoms with E-state index >= 15 is 0 Å². The van der Waals surface area contributed by atoms with Crippen LogP contribution >= 0.6 is 0 Å². The minimum absolute atomic E-state index is 0.0344. The Morgan fingerprint density at radius 3 is 2.60 bits per heavy atom. The molecule has 4 aromatic carbocycles. The lowest BCUT2D eigenvalue weighted by Gasteiger charge is -2.40. The molecule has 0 spiro atoms. The van der Waals surface area contributed by atoms with Crippen molar-refractivity contribution >= 4 is 11.6 Å². The van der Waals surface area contributed by atoms with Gasteiger partial charge in [0.15, 0.2) is 17.1 Å². The highest BCUT2D eigenvalue weighted by Crippen LogP contribution is 2.55. The van der Waals surface area contributed by atoms with Crippen molar-refractivity contribution in [3.63, 3.8) is 0 Å². The van der Waals surface area contributed by atoms with Gasteiger partial charge < -0.3 is 39.6 Å². The molecule has 4 bridgehead atoms. The zero-order chi connectivity index (χ0) is 36.5. The van der Waals surface area contributed by atoms with Gasteiger partial charge in [0.05, 0.1) is 31.2 Å². The predicted octanol–water partition coefficient (Wildman–Crippen LogP) is 6.45. The Morgan fingerprint density at radius 1 is 0.981 bits per heavy atom. The van der Waals surface area contributed by atoms with Crippen LogP contribution in [0, 0.1) is 11.8 Å². The molecule has 4 heterocycles. The number of phenols is 2. The summed E-state index contributed by atoms with van der Waals surface area (Å²) in [5.41, 5.74) is 6.96. The number of hydrogen-bond donors (Lipinski definition) is 3. The van der Waals surface area contributed by atoms with Crippen molar-refractivity contribution < 1.29 is 29.2 Å². The zero-order valence-electron chi connectivity index (χ0n) is 29.9. The minimum atomic E-state index is -0.598. The number of fused-ring (bicyclic) bond motifs is 8. The van der Waals surface area contributed by atoms with E-state index in [1.54, 1.807) is 24.3 Å². The molecular formula is C44H43N3O6. The third-order valence-electron chi connectivity index (χ3n) is 10.3. The van der Waals surface area contributed by atoms with Crippen LogP contribution < -0.4 is 29.4 Å². The molecule has 0 saturated carbocycles. The number of ketones is 1. The summed E-state index contributed by atoms with van der Waals surface area (Å²) in [4.78, 5) is 19.0. The van der Waals surface area contributed by atoms with Crippen LogP contribution in [-0.2, 0) is 19.3 Å². The number of methoxy groups -OCH3 is 1. The van der Waals surface area contributed by atoms with Crippen molar-refractivity contribution in [3.05, 3.63) is 118 Å². The molecule has 53 heavy (non-hydrogen) atoms. The SMILES string of the molecule is CCc1cc2c([n-]1)N1CCN[C@@H](C#C[C@@H](c3c(OCCc4ccccc4)c(OC)c(O)c4c3OC(c3ccc(O)cc3)CC4=[OH+])Cc3cccc-2c3)C1. The Balaban J connectivity index is 1.30. The lowest BCUT2D eigenvalue weighted by Crippen LogP contribution is -2.50. The Hall–Kier alpha value is -5.85. The molecule has 3 aliphatic rings. The van der Waals surface area contributed by atoms with Gasteiger partial charge in [-0.1, -0.05) is 103 Å². The summed E-state index contributed by atoms with van der Waals surface area (Å²) in [6.07, 6.45) is 1.47. The number of nitrogens with one attached hydrogen (secondary N) is 1. The van der Waals surface area contributed by atoms with Crippen LogP contribution in [0.4, 0.5) is 5.82 Å². The maximum Gasteiger partial charge on any atom is 0.335 e. The van der Waals surface area contributed by atoms with Crippen LogP contribution in [0.2, 0.25) is 0 Å². The highest BCUT2D eigenvalue weighted by Gasteiger charge is 2.42. The van der Waals surface area contributed by atoms with Crippen molar-refractivity contribution in [2.45, 2.75) is 50.7 Å². The van der Waals surface area contributed by atoms with E-state index in [1.807, 2.05) is 30.3 Å². The molecule has 8 rings (SSSR count). The molecular weight excluding hydrogens is 666 g/mol. The molecule has 0 aliphatic carbocycles. The van der Waals surface area contributed by atoms with E-state index in [0.29, 0.717) is 43.1 Å². The van der Waals surface area contributed by atoms with E-state index in [2.05, 4.69) is 59.3 Å². The third kappa shape index (κ3) is 6.78. The molecule has 0 amide bonds. The summed E-state index contributed by atoms with van der Waals surface area (Å²) >= 11 is 0. The number of anilines is 1. The number of carbonyl (C=O) groups excluding carboxylic acids is 1. The number of nitrogens with zero attached hydrogens (tertiary/aromatic N) is 2. The maximum absolute atomic E-state index is 11.8. The van der Waals surface area contributed by atoms with E-state index in [0.717, 1.165) is 58.8 Å². The summed E-state index contributed by atoms with van der Waals surface area (Å²) < 4.78 is 19.3. The molecule has 9 heteroatoms. The summed E-state index contributed by atoms with van der Waals surface area (Å²) in [6.45, 7) is 4.67. The fourth-order valence-corrected chi connectivity index (χ4v) is 7.64. The molecule has 9 nitrogen and oxygen atoms in total. The first kappa shape index (κ1) is 34.2. The average molecular weight is 710 g/mol. The van der Waals surface area contributed by atoms with Gasteiger partial charge >= 0.3 is 5.78 Å². The normalized spacial score (nSPS) is 19.0. The standard InChI is InChI=1S/C44H42N3O6/c1-3-32-24-35-30-11-7-10-28(22-30)23-31(12-15-33-26-47(20-19-45-33)44(35)46-32)38-41-39(36(49)25-37(53-41)29-13-16-34(48)17-14-29)40(50)43(51-2)42(38)52-21-18-27-8-5-4-6-9-27/h4-11,13-14,16-17,22,24,31,33,37,45,48H,3,18-21,23,25-26H2,1-2H3,(H,49,50)/q-1/p+1/t31-,33+,37?/m1/s1. The number of aromatic hydroxyl groups is 2. The molecule has 3 aliphatic heterocycles. The Bertz CT molecular complexity index is 2200.